The average Bonchev–Trinajstić information content (AvgIpc) is 2.42. The Hall–Kier alpha value is -1.49. The van der Waals surface area contributed by atoms with Gasteiger partial charge in [-0.15, -0.1) is 11.8 Å². The van der Waals surface area contributed by atoms with Gasteiger partial charge in [-0.3, -0.25) is 9.59 Å². The molecule has 0 radical (unpaired) electrons. The third-order valence-corrected chi connectivity index (χ3v) is 3.92. The lowest BCUT2D eigenvalue weighted by Crippen LogP contribution is -2.30. The quantitative estimate of drug-likeness (QED) is 0.803. The van der Waals surface area contributed by atoms with E-state index in [1.54, 1.807) is 6.92 Å². The van der Waals surface area contributed by atoms with Crippen LogP contribution >= 0.6 is 11.8 Å². The van der Waals surface area contributed by atoms with Gasteiger partial charge in [0.2, 0.25) is 5.91 Å². The maximum absolute atomic E-state index is 11.6. The number of carbonyl (C=O) groups is 2. The zero-order valence-electron chi connectivity index (χ0n) is 11.1. The number of rotatable bonds is 7. The molecule has 0 aliphatic rings. The van der Waals surface area contributed by atoms with Crippen molar-refractivity contribution < 1.29 is 14.7 Å². The molecule has 0 aliphatic carbocycles. The summed E-state index contributed by atoms with van der Waals surface area (Å²) in [7, 11) is 0. The summed E-state index contributed by atoms with van der Waals surface area (Å²) in [6, 6.07) is 9.95. The third kappa shape index (κ3) is 5.79. The van der Waals surface area contributed by atoms with Crippen LogP contribution in [-0.4, -0.2) is 34.5 Å². The van der Waals surface area contributed by atoms with Gasteiger partial charge in [-0.25, -0.2) is 0 Å². The number of benzene rings is 1. The second-order valence-corrected chi connectivity index (χ2v) is 5.74. The molecule has 104 valence electrons. The lowest BCUT2D eigenvalue weighted by atomic mass is 10.0. The van der Waals surface area contributed by atoms with Gasteiger partial charge in [-0.2, -0.15) is 0 Å². The van der Waals surface area contributed by atoms with E-state index >= 15 is 0 Å². The van der Waals surface area contributed by atoms with E-state index in [9.17, 15) is 9.59 Å². The number of carboxylic acids is 1. The fourth-order valence-corrected chi connectivity index (χ4v) is 2.14. The molecule has 1 aromatic carbocycles. The van der Waals surface area contributed by atoms with Gasteiger partial charge in [0, 0.05) is 6.54 Å². The van der Waals surface area contributed by atoms with Crippen LogP contribution in [0.25, 0.3) is 0 Å². The molecule has 4 nitrogen and oxygen atoms in total. The van der Waals surface area contributed by atoms with Crippen molar-refractivity contribution in [3.05, 3.63) is 35.9 Å². The Morgan fingerprint density at radius 2 is 1.89 bits per heavy atom. The molecular weight excluding hydrogens is 262 g/mol. The van der Waals surface area contributed by atoms with Crippen molar-refractivity contribution in [3.63, 3.8) is 0 Å². The number of carboxylic acid groups (broad SMARTS) is 1. The SMILES string of the molecule is CC(SCC(=O)NCC(C)c1ccccc1)C(=O)O. The fourth-order valence-electron chi connectivity index (χ4n) is 1.49. The van der Waals surface area contributed by atoms with E-state index < -0.39 is 11.2 Å². The van der Waals surface area contributed by atoms with Gasteiger partial charge in [0.05, 0.1) is 11.0 Å². The summed E-state index contributed by atoms with van der Waals surface area (Å²) in [6.07, 6.45) is 0. The first kappa shape index (κ1) is 15.6. The number of aliphatic carboxylic acids is 1. The molecule has 0 bridgehead atoms. The van der Waals surface area contributed by atoms with Crippen LogP contribution in [0.4, 0.5) is 0 Å². The van der Waals surface area contributed by atoms with Crippen LogP contribution in [0.3, 0.4) is 0 Å². The van der Waals surface area contributed by atoms with E-state index in [-0.39, 0.29) is 17.6 Å². The summed E-state index contributed by atoms with van der Waals surface area (Å²) < 4.78 is 0. The van der Waals surface area contributed by atoms with Crippen molar-refractivity contribution >= 4 is 23.6 Å². The van der Waals surface area contributed by atoms with Gasteiger partial charge >= 0.3 is 5.97 Å². The summed E-state index contributed by atoms with van der Waals surface area (Å²) in [6.45, 7) is 4.18. The predicted octanol–water partition coefficient (Wildman–Crippen LogP) is 2.11. The molecular formula is C14H19NO3S. The van der Waals surface area contributed by atoms with Crippen LogP contribution in [0.1, 0.15) is 25.3 Å². The second-order valence-electron chi connectivity index (χ2n) is 4.41. The largest absolute Gasteiger partial charge is 0.480 e. The highest BCUT2D eigenvalue weighted by Gasteiger charge is 2.14. The van der Waals surface area contributed by atoms with Crippen molar-refractivity contribution in [2.45, 2.75) is 25.0 Å². The molecule has 2 unspecified atom stereocenters. The first-order chi connectivity index (χ1) is 9.00. The minimum Gasteiger partial charge on any atom is -0.480 e. The maximum Gasteiger partial charge on any atom is 0.316 e. The van der Waals surface area contributed by atoms with Crippen LogP contribution in [0.5, 0.6) is 0 Å². The minimum absolute atomic E-state index is 0.124. The van der Waals surface area contributed by atoms with Crippen molar-refractivity contribution in [3.8, 4) is 0 Å². The highest BCUT2D eigenvalue weighted by molar-refractivity contribution is 8.01. The number of hydrogen-bond donors (Lipinski definition) is 2. The summed E-state index contributed by atoms with van der Waals surface area (Å²) in [5.74, 6) is -0.599. The second kappa shape index (κ2) is 7.84. The molecule has 0 saturated carbocycles. The zero-order valence-corrected chi connectivity index (χ0v) is 11.9. The molecule has 0 aromatic heterocycles. The Kier molecular flexibility index (Phi) is 6.42. The first-order valence-corrected chi connectivity index (χ1v) is 7.21. The highest BCUT2D eigenvalue weighted by Crippen LogP contribution is 2.13. The third-order valence-electron chi connectivity index (χ3n) is 2.79. The molecule has 5 heteroatoms. The maximum atomic E-state index is 11.6. The van der Waals surface area contributed by atoms with Gasteiger partial charge in [-0.1, -0.05) is 37.3 Å². The fraction of sp³-hybridized carbons (Fsp3) is 0.429. The molecule has 2 N–H and O–H groups in total. The van der Waals surface area contributed by atoms with Crippen LogP contribution in [0.15, 0.2) is 30.3 Å². The summed E-state index contributed by atoms with van der Waals surface area (Å²) in [5.41, 5.74) is 1.18. The standard InChI is InChI=1S/C14H19NO3S/c1-10(12-6-4-3-5-7-12)8-15-13(16)9-19-11(2)14(17)18/h3-7,10-11H,8-9H2,1-2H3,(H,15,16)(H,17,18). The Morgan fingerprint density at radius 1 is 1.26 bits per heavy atom. The van der Waals surface area contributed by atoms with E-state index in [0.717, 1.165) is 11.8 Å². The molecule has 0 aliphatic heterocycles. The number of carbonyl (C=O) groups excluding carboxylic acids is 1. The van der Waals surface area contributed by atoms with Crippen molar-refractivity contribution in [1.29, 1.82) is 0 Å². The van der Waals surface area contributed by atoms with Gasteiger partial charge in [0.25, 0.3) is 0 Å². The molecule has 19 heavy (non-hydrogen) atoms. The molecule has 0 spiro atoms. The number of hydrogen-bond acceptors (Lipinski definition) is 3. The molecule has 0 heterocycles. The van der Waals surface area contributed by atoms with Crippen LogP contribution in [0, 0.1) is 0 Å². The van der Waals surface area contributed by atoms with E-state index in [4.69, 9.17) is 5.11 Å². The first-order valence-electron chi connectivity index (χ1n) is 6.16. The summed E-state index contributed by atoms with van der Waals surface area (Å²) in [5, 5.41) is 11.0. The molecule has 2 atom stereocenters. The Balaban J connectivity index is 2.29. The van der Waals surface area contributed by atoms with Crippen molar-refractivity contribution in [1.82, 2.24) is 5.32 Å². The van der Waals surface area contributed by atoms with E-state index in [1.165, 1.54) is 5.56 Å². The molecule has 0 saturated heterocycles. The Bertz CT molecular complexity index is 422. The van der Waals surface area contributed by atoms with E-state index in [1.807, 2.05) is 37.3 Å². The van der Waals surface area contributed by atoms with Crippen LogP contribution in [0.2, 0.25) is 0 Å². The summed E-state index contributed by atoms with van der Waals surface area (Å²) >= 11 is 1.13. The topological polar surface area (TPSA) is 66.4 Å². The summed E-state index contributed by atoms with van der Waals surface area (Å²) in [4.78, 5) is 22.2. The molecule has 1 aromatic rings. The molecule has 0 fully saturated rings. The smallest absolute Gasteiger partial charge is 0.316 e. The lowest BCUT2D eigenvalue weighted by molar-refractivity contribution is -0.136. The van der Waals surface area contributed by atoms with Crippen molar-refractivity contribution in [2.75, 3.05) is 12.3 Å². The van der Waals surface area contributed by atoms with Gasteiger partial charge in [0.1, 0.15) is 0 Å². The van der Waals surface area contributed by atoms with E-state index in [0.29, 0.717) is 6.54 Å². The normalized spacial score (nSPS) is 13.6. The van der Waals surface area contributed by atoms with Gasteiger partial charge in [-0.05, 0) is 18.4 Å². The minimum atomic E-state index is -0.893. The lowest BCUT2D eigenvalue weighted by Gasteiger charge is -2.13. The van der Waals surface area contributed by atoms with Gasteiger partial charge < -0.3 is 10.4 Å². The Morgan fingerprint density at radius 3 is 2.47 bits per heavy atom. The highest BCUT2D eigenvalue weighted by atomic mass is 32.2. The molecule has 1 amide bonds. The number of nitrogens with one attached hydrogen (secondary N) is 1. The molecule has 1 rings (SSSR count). The van der Waals surface area contributed by atoms with Crippen LogP contribution < -0.4 is 5.32 Å². The van der Waals surface area contributed by atoms with E-state index in [2.05, 4.69) is 5.32 Å². The number of amides is 1. The Labute approximate surface area is 117 Å². The zero-order chi connectivity index (χ0) is 14.3. The van der Waals surface area contributed by atoms with Crippen LogP contribution in [-0.2, 0) is 9.59 Å². The number of thioether (sulfide) groups is 1. The van der Waals surface area contributed by atoms with Crippen molar-refractivity contribution in [2.24, 2.45) is 0 Å². The average molecular weight is 281 g/mol. The van der Waals surface area contributed by atoms with Gasteiger partial charge in [0.15, 0.2) is 0 Å². The predicted molar refractivity (Wildman–Crippen MR) is 77.4 cm³/mol. The monoisotopic (exact) mass is 281 g/mol.